The van der Waals surface area contributed by atoms with E-state index in [1.165, 1.54) is 17.5 Å². The number of alkyl halides is 3. The molecule has 1 aromatic heterocycles. The van der Waals surface area contributed by atoms with Gasteiger partial charge in [-0.05, 0) is 12.1 Å². The number of nitrogens with zero attached hydrogens (tertiary/aromatic N) is 1. The summed E-state index contributed by atoms with van der Waals surface area (Å²) in [7, 11) is 0. The van der Waals surface area contributed by atoms with Crippen molar-refractivity contribution in [1.82, 2.24) is 4.98 Å². The van der Waals surface area contributed by atoms with Gasteiger partial charge in [-0.2, -0.15) is 13.2 Å². The van der Waals surface area contributed by atoms with Crippen LogP contribution in [0.15, 0.2) is 29.6 Å². The second kappa shape index (κ2) is 6.65. The lowest BCUT2D eigenvalue weighted by molar-refractivity contribution is -0.167. The van der Waals surface area contributed by atoms with Crippen LogP contribution in [0, 0.1) is 0 Å². The van der Waals surface area contributed by atoms with E-state index in [-0.39, 0.29) is 10.9 Å². The fourth-order valence-electron chi connectivity index (χ4n) is 1.52. The number of benzene rings is 1. The topological polar surface area (TPSA) is 88.5 Å². The zero-order valence-electron chi connectivity index (χ0n) is 11.3. The molecule has 0 spiro atoms. The van der Waals surface area contributed by atoms with Gasteiger partial charge in [0.25, 0.3) is 0 Å². The highest BCUT2D eigenvalue weighted by atomic mass is 32.1. The molecule has 2 aromatic rings. The summed E-state index contributed by atoms with van der Waals surface area (Å²) in [4.78, 5) is 25.2. The van der Waals surface area contributed by atoms with E-state index >= 15 is 0 Å². The smallest absolute Gasteiger partial charge is 0.471 e. The molecule has 10 heteroatoms. The van der Waals surface area contributed by atoms with Crippen molar-refractivity contribution in [2.24, 2.45) is 0 Å². The van der Waals surface area contributed by atoms with Crippen molar-refractivity contribution in [1.29, 1.82) is 0 Å². The summed E-state index contributed by atoms with van der Waals surface area (Å²) >= 11 is 0.835. The fraction of sp³-hybridized carbons (Fsp3) is 0.154. The van der Waals surface area contributed by atoms with Gasteiger partial charge in [0.05, 0.1) is 5.69 Å². The molecule has 1 aromatic carbocycles. The molecule has 2 rings (SSSR count). The Bertz CT molecular complexity index is 730. The average Bonchev–Trinajstić information content (AvgIpc) is 2.93. The number of ether oxygens (including phenoxy) is 1. The maximum Gasteiger partial charge on any atom is 0.471 e. The lowest BCUT2D eigenvalue weighted by atomic mass is 10.2. The van der Waals surface area contributed by atoms with Crippen LogP contribution in [0.2, 0.25) is 0 Å². The Hall–Kier alpha value is -2.62. The Kier molecular flexibility index (Phi) is 4.84. The summed E-state index contributed by atoms with van der Waals surface area (Å²) in [5, 5.41) is 11.5. The monoisotopic (exact) mass is 346 g/mol. The highest BCUT2D eigenvalue weighted by molar-refractivity contribution is 7.14. The second-order valence-electron chi connectivity index (χ2n) is 4.20. The number of anilines is 1. The number of halogens is 3. The summed E-state index contributed by atoms with van der Waals surface area (Å²) in [6.07, 6.45) is -4.99. The molecule has 0 fully saturated rings. The maximum absolute atomic E-state index is 12.2. The summed E-state index contributed by atoms with van der Waals surface area (Å²) in [5.74, 6) is -2.96. The van der Waals surface area contributed by atoms with E-state index in [4.69, 9.17) is 9.84 Å². The maximum atomic E-state index is 12.2. The predicted molar refractivity (Wildman–Crippen MR) is 75.4 cm³/mol. The number of rotatable bonds is 5. The number of aromatic nitrogens is 1. The van der Waals surface area contributed by atoms with Gasteiger partial charge >= 0.3 is 18.1 Å². The van der Waals surface area contributed by atoms with E-state index < -0.39 is 24.7 Å². The molecule has 122 valence electrons. The van der Waals surface area contributed by atoms with E-state index in [1.54, 1.807) is 17.4 Å². The first-order chi connectivity index (χ1) is 10.8. The minimum absolute atomic E-state index is 0.195. The van der Waals surface area contributed by atoms with Crippen LogP contribution in [0.1, 0.15) is 0 Å². The number of carbonyl (C=O) groups is 2. The van der Waals surface area contributed by atoms with Crippen molar-refractivity contribution >= 4 is 28.3 Å². The van der Waals surface area contributed by atoms with Gasteiger partial charge in [0.2, 0.25) is 0 Å². The lowest BCUT2D eigenvalue weighted by Gasteiger charge is -2.05. The SMILES string of the molecule is O=C(O)COc1cccc(-c2csc(NC(=O)C(F)(F)F)n2)c1. The minimum Gasteiger partial charge on any atom is -0.482 e. The van der Waals surface area contributed by atoms with Gasteiger partial charge in [0, 0.05) is 10.9 Å². The Morgan fingerprint density at radius 2 is 2.09 bits per heavy atom. The minimum atomic E-state index is -4.99. The van der Waals surface area contributed by atoms with Gasteiger partial charge in [-0.15, -0.1) is 11.3 Å². The number of thiazole rings is 1. The number of nitrogens with one attached hydrogen (secondary N) is 1. The molecule has 0 radical (unpaired) electrons. The van der Waals surface area contributed by atoms with Crippen LogP contribution in [0.5, 0.6) is 5.75 Å². The first kappa shape index (κ1) is 16.7. The Labute approximate surface area is 131 Å². The Morgan fingerprint density at radius 3 is 2.74 bits per heavy atom. The lowest BCUT2D eigenvalue weighted by Crippen LogP contribution is -2.29. The van der Waals surface area contributed by atoms with Crippen LogP contribution in [0.4, 0.5) is 18.3 Å². The van der Waals surface area contributed by atoms with Crippen molar-refractivity contribution in [3.63, 3.8) is 0 Å². The standard InChI is InChI=1S/C13H9F3N2O4S/c14-13(15,16)11(21)18-12-17-9(6-23-12)7-2-1-3-8(4-7)22-5-10(19)20/h1-4,6H,5H2,(H,19,20)(H,17,18,21). The zero-order chi connectivity index (χ0) is 17.0. The molecule has 0 aliphatic rings. The molecule has 0 unspecified atom stereocenters. The highest BCUT2D eigenvalue weighted by Crippen LogP contribution is 2.28. The molecular weight excluding hydrogens is 337 g/mol. The molecule has 0 saturated carbocycles. The molecular formula is C13H9F3N2O4S. The second-order valence-corrected chi connectivity index (χ2v) is 5.06. The summed E-state index contributed by atoms with van der Waals surface area (Å²) < 4.78 is 41.5. The Balaban J connectivity index is 2.12. The highest BCUT2D eigenvalue weighted by Gasteiger charge is 2.39. The van der Waals surface area contributed by atoms with E-state index in [0.717, 1.165) is 11.3 Å². The third-order valence-electron chi connectivity index (χ3n) is 2.47. The van der Waals surface area contributed by atoms with E-state index in [9.17, 15) is 22.8 Å². The molecule has 6 nitrogen and oxygen atoms in total. The van der Waals surface area contributed by atoms with Crippen LogP contribution in [0.25, 0.3) is 11.3 Å². The largest absolute Gasteiger partial charge is 0.482 e. The molecule has 0 bridgehead atoms. The van der Waals surface area contributed by atoms with Crippen molar-refractivity contribution in [3.8, 4) is 17.0 Å². The van der Waals surface area contributed by atoms with Crippen LogP contribution in [-0.2, 0) is 9.59 Å². The number of hydrogen-bond donors (Lipinski definition) is 2. The molecule has 0 aliphatic heterocycles. The molecule has 0 aliphatic carbocycles. The zero-order valence-corrected chi connectivity index (χ0v) is 12.1. The van der Waals surface area contributed by atoms with Crippen molar-refractivity contribution in [2.45, 2.75) is 6.18 Å². The number of carbonyl (C=O) groups excluding carboxylic acids is 1. The van der Waals surface area contributed by atoms with Gasteiger partial charge in [-0.25, -0.2) is 9.78 Å². The molecule has 1 heterocycles. The molecule has 0 saturated heterocycles. The predicted octanol–water partition coefficient (Wildman–Crippen LogP) is 2.77. The van der Waals surface area contributed by atoms with Gasteiger partial charge in [-0.3, -0.25) is 10.1 Å². The van der Waals surface area contributed by atoms with Crippen LogP contribution in [0.3, 0.4) is 0 Å². The van der Waals surface area contributed by atoms with Crippen LogP contribution < -0.4 is 10.1 Å². The van der Waals surface area contributed by atoms with Crippen LogP contribution >= 0.6 is 11.3 Å². The molecule has 0 atom stereocenters. The normalized spacial score (nSPS) is 11.1. The third-order valence-corrected chi connectivity index (χ3v) is 3.23. The van der Waals surface area contributed by atoms with Crippen LogP contribution in [-0.4, -0.2) is 34.8 Å². The molecule has 1 amide bonds. The number of amides is 1. The fourth-order valence-corrected chi connectivity index (χ4v) is 2.24. The quantitative estimate of drug-likeness (QED) is 0.869. The van der Waals surface area contributed by atoms with Crippen molar-refractivity contribution in [3.05, 3.63) is 29.6 Å². The van der Waals surface area contributed by atoms with Gasteiger partial charge in [0.15, 0.2) is 11.7 Å². The summed E-state index contributed by atoms with van der Waals surface area (Å²) in [6.45, 7) is -0.520. The molecule has 23 heavy (non-hydrogen) atoms. The Morgan fingerprint density at radius 1 is 1.35 bits per heavy atom. The number of hydrogen-bond acceptors (Lipinski definition) is 5. The first-order valence-electron chi connectivity index (χ1n) is 6.04. The first-order valence-corrected chi connectivity index (χ1v) is 6.92. The summed E-state index contributed by atoms with van der Waals surface area (Å²) in [6, 6.07) is 6.23. The van der Waals surface area contributed by atoms with Gasteiger partial charge in [0.1, 0.15) is 5.75 Å². The molecule has 2 N–H and O–H groups in total. The van der Waals surface area contributed by atoms with E-state index in [2.05, 4.69) is 4.98 Å². The van der Waals surface area contributed by atoms with E-state index in [1.807, 2.05) is 0 Å². The number of carboxylic acid groups (broad SMARTS) is 1. The van der Waals surface area contributed by atoms with Gasteiger partial charge < -0.3 is 9.84 Å². The van der Waals surface area contributed by atoms with Gasteiger partial charge in [-0.1, -0.05) is 12.1 Å². The average molecular weight is 346 g/mol. The van der Waals surface area contributed by atoms with Crippen molar-refractivity contribution < 1.29 is 32.6 Å². The third kappa shape index (κ3) is 4.68. The van der Waals surface area contributed by atoms with Crippen molar-refractivity contribution in [2.75, 3.05) is 11.9 Å². The number of aliphatic carboxylic acids is 1. The summed E-state index contributed by atoms with van der Waals surface area (Å²) in [5.41, 5.74) is 0.838. The number of carboxylic acids is 1. The van der Waals surface area contributed by atoms with E-state index in [0.29, 0.717) is 11.3 Å².